The Balaban J connectivity index is 1.47. The number of anilines is 1. The van der Waals surface area contributed by atoms with E-state index < -0.39 is 0 Å². The second-order valence-electron chi connectivity index (χ2n) is 6.17. The summed E-state index contributed by atoms with van der Waals surface area (Å²) in [5.41, 5.74) is 1.24. The van der Waals surface area contributed by atoms with Crippen LogP contribution in [0.4, 0.5) is 5.69 Å². The molecule has 2 aromatic carbocycles. The lowest BCUT2D eigenvalue weighted by molar-refractivity contribution is 0.102. The van der Waals surface area contributed by atoms with Crippen molar-refractivity contribution in [3.05, 3.63) is 89.2 Å². The molecule has 4 aromatic rings. The van der Waals surface area contributed by atoms with Gasteiger partial charge in [0.2, 0.25) is 5.88 Å². The maximum Gasteiger partial charge on any atom is 0.255 e. The van der Waals surface area contributed by atoms with Crippen molar-refractivity contribution in [1.82, 2.24) is 19.5 Å². The largest absolute Gasteiger partial charge is 0.439 e. The lowest BCUT2D eigenvalue weighted by Gasteiger charge is -2.09. The van der Waals surface area contributed by atoms with Crippen LogP contribution in [0.1, 0.15) is 16.2 Å². The molecule has 0 aliphatic heterocycles. The van der Waals surface area contributed by atoms with Gasteiger partial charge in [0.1, 0.15) is 23.7 Å². The molecule has 0 bridgehead atoms. The fourth-order valence-electron chi connectivity index (χ4n) is 2.66. The summed E-state index contributed by atoms with van der Waals surface area (Å²) in [7, 11) is 0. The van der Waals surface area contributed by atoms with Crippen molar-refractivity contribution in [2.24, 2.45) is 0 Å². The zero-order valence-electron chi connectivity index (χ0n) is 15.4. The number of hydrogen-bond donors (Lipinski definition) is 1. The van der Waals surface area contributed by atoms with Gasteiger partial charge in [-0.25, -0.2) is 9.97 Å². The summed E-state index contributed by atoms with van der Waals surface area (Å²) < 4.78 is 8.49. The normalized spacial score (nSPS) is 10.6. The van der Waals surface area contributed by atoms with E-state index in [9.17, 15) is 4.79 Å². The van der Waals surface area contributed by atoms with Gasteiger partial charge in [0.25, 0.3) is 5.91 Å². The number of carbonyl (C=O) groups is 1. The van der Waals surface area contributed by atoms with Crippen LogP contribution in [-0.4, -0.2) is 25.4 Å². The molecule has 1 N–H and O–H groups in total. The summed E-state index contributed by atoms with van der Waals surface area (Å²) in [6.45, 7) is 1.80. The minimum absolute atomic E-state index is 0.184. The van der Waals surface area contributed by atoms with Gasteiger partial charge < -0.3 is 10.1 Å². The third kappa shape index (κ3) is 4.67. The van der Waals surface area contributed by atoms with Gasteiger partial charge in [-0.15, -0.1) is 0 Å². The molecule has 0 fully saturated rings. The van der Waals surface area contributed by atoms with E-state index in [4.69, 9.17) is 4.74 Å². The average molecular weight is 450 g/mol. The minimum atomic E-state index is -0.184. The highest BCUT2D eigenvalue weighted by Gasteiger charge is 2.08. The SMILES string of the molecule is Cc1nc(Oc2ccc(NC(=O)c3cccc(Br)c3)cc2)cc(-n2ccnc2)n1. The second kappa shape index (κ2) is 8.24. The Kier molecular flexibility index (Phi) is 5.35. The Morgan fingerprint density at radius 3 is 2.66 bits per heavy atom. The van der Waals surface area contributed by atoms with Crippen molar-refractivity contribution in [1.29, 1.82) is 0 Å². The number of aromatic nitrogens is 4. The molecule has 0 saturated heterocycles. The van der Waals surface area contributed by atoms with Crippen LogP contribution >= 0.6 is 15.9 Å². The molecule has 0 atom stereocenters. The smallest absolute Gasteiger partial charge is 0.255 e. The molecule has 144 valence electrons. The zero-order chi connectivity index (χ0) is 20.2. The molecule has 0 saturated carbocycles. The first-order valence-electron chi connectivity index (χ1n) is 8.76. The first-order chi connectivity index (χ1) is 14.1. The van der Waals surface area contributed by atoms with Crippen molar-refractivity contribution >= 4 is 27.5 Å². The molecule has 0 unspecified atom stereocenters. The van der Waals surface area contributed by atoms with Gasteiger partial charge in [-0.1, -0.05) is 22.0 Å². The number of amides is 1. The van der Waals surface area contributed by atoms with E-state index in [1.165, 1.54) is 0 Å². The number of imidazole rings is 1. The highest BCUT2D eigenvalue weighted by atomic mass is 79.9. The first kappa shape index (κ1) is 18.8. The number of hydrogen-bond acceptors (Lipinski definition) is 5. The molecule has 29 heavy (non-hydrogen) atoms. The van der Waals surface area contributed by atoms with Gasteiger partial charge in [-0.2, -0.15) is 4.98 Å². The van der Waals surface area contributed by atoms with Crippen LogP contribution in [0.25, 0.3) is 5.82 Å². The zero-order valence-corrected chi connectivity index (χ0v) is 17.0. The molecule has 0 spiro atoms. The van der Waals surface area contributed by atoms with Crippen LogP contribution in [0.5, 0.6) is 11.6 Å². The standard InChI is InChI=1S/C21H16BrN5O2/c1-14-24-19(27-10-9-23-13-27)12-20(25-14)29-18-7-5-17(6-8-18)26-21(28)15-3-2-4-16(22)11-15/h2-13H,1H3,(H,26,28). The van der Waals surface area contributed by atoms with Gasteiger partial charge >= 0.3 is 0 Å². The van der Waals surface area contributed by atoms with Crippen LogP contribution in [0, 0.1) is 6.92 Å². The van der Waals surface area contributed by atoms with Crippen LogP contribution < -0.4 is 10.1 Å². The predicted molar refractivity (Wildman–Crippen MR) is 113 cm³/mol. The maximum atomic E-state index is 12.3. The number of nitrogens with one attached hydrogen (secondary N) is 1. The van der Waals surface area contributed by atoms with Gasteiger partial charge in [0.15, 0.2) is 0 Å². The van der Waals surface area contributed by atoms with Crippen LogP contribution in [0.15, 0.2) is 77.8 Å². The summed E-state index contributed by atoms with van der Waals surface area (Å²) in [6.07, 6.45) is 5.14. The maximum absolute atomic E-state index is 12.3. The molecule has 8 heteroatoms. The lowest BCUT2D eigenvalue weighted by atomic mass is 10.2. The summed E-state index contributed by atoms with van der Waals surface area (Å²) >= 11 is 3.37. The van der Waals surface area contributed by atoms with Crippen molar-refractivity contribution in [2.75, 3.05) is 5.32 Å². The van der Waals surface area contributed by atoms with E-state index in [1.807, 2.05) is 12.1 Å². The van der Waals surface area contributed by atoms with Crippen molar-refractivity contribution < 1.29 is 9.53 Å². The van der Waals surface area contributed by atoms with Gasteiger partial charge in [-0.05, 0) is 49.4 Å². The molecule has 0 aliphatic carbocycles. The minimum Gasteiger partial charge on any atom is -0.439 e. The van der Waals surface area contributed by atoms with E-state index in [0.29, 0.717) is 34.5 Å². The Hall–Kier alpha value is -3.52. The Labute approximate surface area is 175 Å². The van der Waals surface area contributed by atoms with Crippen molar-refractivity contribution in [3.63, 3.8) is 0 Å². The number of carbonyl (C=O) groups excluding carboxylic acids is 1. The number of aryl methyl sites for hydroxylation is 1. The Morgan fingerprint density at radius 1 is 1.10 bits per heavy atom. The highest BCUT2D eigenvalue weighted by Crippen LogP contribution is 2.23. The van der Waals surface area contributed by atoms with Gasteiger partial charge in [0.05, 0.1) is 0 Å². The summed E-state index contributed by atoms with van der Waals surface area (Å²) in [4.78, 5) is 25.1. The summed E-state index contributed by atoms with van der Waals surface area (Å²) in [5.74, 6) is 2.09. The molecule has 0 radical (unpaired) electrons. The second-order valence-corrected chi connectivity index (χ2v) is 7.09. The number of rotatable bonds is 5. The Bertz CT molecular complexity index is 1140. The predicted octanol–water partition coefficient (Wildman–Crippen LogP) is 4.78. The fourth-order valence-corrected chi connectivity index (χ4v) is 3.06. The van der Waals surface area contributed by atoms with Gasteiger partial charge in [0, 0.05) is 34.2 Å². The first-order valence-corrected chi connectivity index (χ1v) is 9.55. The number of halogens is 1. The quantitative estimate of drug-likeness (QED) is 0.474. The molecule has 2 heterocycles. The summed E-state index contributed by atoms with van der Waals surface area (Å²) in [5, 5.41) is 2.86. The fraction of sp³-hybridized carbons (Fsp3) is 0.0476. The van der Waals surface area contributed by atoms with Crippen molar-refractivity contribution in [3.8, 4) is 17.4 Å². The summed E-state index contributed by atoms with van der Waals surface area (Å²) in [6, 6.07) is 16.0. The highest BCUT2D eigenvalue weighted by molar-refractivity contribution is 9.10. The third-order valence-electron chi connectivity index (χ3n) is 3.99. The number of benzene rings is 2. The van der Waals surface area contributed by atoms with E-state index in [2.05, 4.69) is 36.2 Å². The van der Waals surface area contributed by atoms with E-state index in [-0.39, 0.29) is 5.91 Å². The molecule has 0 aliphatic rings. The van der Waals surface area contributed by atoms with Crippen molar-refractivity contribution in [2.45, 2.75) is 6.92 Å². The molecule has 1 amide bonds. The molecular formula is C21H16BrN5O2. The molecule has 2 aromatic heterocycles. The van der Waals surface area contributed by atoms with Crippen LogP contribution in [-0.2, 0) is 0 Å². The van der Waals surface area contributed by atoms with E-state index >= 15 is 0 Å². The average Bonchev–Trinajstić information content (AvgIpc) is 3.24. The van der Waals surface area contributed by atoms with E-state index in [1.54, 1.807) is 72.7 Å². The molecular weight excluding hydrogens is 434 g/mol. The Morgan fingerprint density at radius 2 is 1.93 bits per heavy atom. The topological polar surface area (TPSA) is 81.9 Å². The molecule has 4 rings (SSSR count). The lowest BCUT2D eigenvalue weighted by Crippen LogP contribution is -2.11. The van der Waals surface area contributed by atoms with E-state index in [0.717, 1.165) is 4.47 Å². The third-order valence-corrected chi connectivity index (χ3v) is 4.48. The number of nitrogens with zero attached hydrogens (tertiary/aromatic N) is 4. The molecule has 7 nitrogen and oxygen atoms in total. The van der Waals surface area contributed by atoms with Gasteiger partial charge in [-0.3, -0.25) is 9.36 Å². The van der Waals surface area contributed by atoms with Crippen LogP contribution in [0.3, 0.4) is 0 Å². The number of ether oxygens (including phenoxy) is 1. The monoisotopic (exact) mass is 449 g/mol. The van der Waals surface area contributed by atoms with Crippen LogP contribution in [0.2, 0.25) is 0 Å².